The third-order valence-electron chi connectivity index (χ3n) is 4.77. The number of rotatable bonds is 17. The smallest absolute Gasteiger partial charge is 0.356 e. The van der Waals surface area contributed by atoms with Gasteiger partial charge in [-0.05, 0) is 30.7 Å². The Morgan fingerprint density at radius 1 is 0.783 bits per heavy atom. The van der Waals surface area contributed by atoms with Crippen molar-refractivity contribution in [2.75, 3.05) is 12.0 Å². The van der Waals surface area contributed by atoms with Crippen LogP contribution in [0.5, 0.6) is 0 Å². The monoisotopic (exact) mass is 345 g/mol. The van der Waals surface area contributed by atoms with E-state index in [1.807, 2.05) is 6.92 Å². The number of hydrogen-bond acceptors (Lipinski definition) is 1. The van der Waals surface area contributed by atoms with E-state index in [2.05, 4.69) is 13.2 Å². The molecule has 0 aromatic heterocycles. The molecule has 0 aliphatic heterocycles. The van der Waals surface area contributed by atoms with Crippen molar-refractivity contribution < 1.29 is 9.90 Å². The van der Waals surface area contributed by atoms with E-state index in [4.69, 9.17) is 5.11 Å². The molecule has 0 rings (SSSR count). The Bertz CT molecular complexity index is 268. The molecule has 0 aliphatic rings. The summed E-state index contributed by atoms with van der Waals surface area (Å²) in [6.07, 6.45) is 21.4. The normalized spacial score (nSPS) is 13.9. The molecule has 2 atom stereocenters. The molecule has 23 heavy (non-hydrogen) atoms. The second-order valence-electron chi connectivity index (χ2n) is 6.97. The predicted molar refractivity (Wildman–Crippen MR) is 106 cm³/mol. The highest BCUT2D eigenvalue weighted by molar-refractivity contribution is 7.97. The minimum atomic E-state index is -0.638. The molecule has 0 aromatic carbocycles. The van der Waals surface area contributed by atoms with Gasteiger partial charge < -0.3 is 5.11 Å². The van der Waals surface area contributed by atoms with Crippen LogP contribution in [0.25, 0.3) is 0 Å². The van der Waals surface area contributed by atoms with Gasteiger partial charge in [0.1, 0.15) is 5.75 Å². The molecule has 0 spiro atoms. The second kappa shape index (κ2) is 16.7. The molecule has 0 aliphatic carbocycles. The Morgan fingerprint density at radius 3 is 1.48 bits per heavy atom. The maximum absolute atomic E-state index is 10.9. The first-order chi connectivity index (χ1) is 11.1. The van der Waals surface area contributed by atoms with Crippen LogP contribution in [0.4, 0.5) is 0 Å². The highest BCUT2D eigenvalue weighted by Crippen LogP contribution is 2.14. The summed E-state index contributed by atoms with van der Waals surface area (Å²) in [6.45, 7) is 4.12. The fourth-order valence-electron chi connectivity index (χ4n) is 2.87. The Morgan fingerprint density at radius 2 is 1.13 bits per heavy atom. The number of carbonyl (C=O) groups is 1. The predicted octanol–water partition coefficient (Wildman–Crippen LogP) is 6.19. The van der Waals surface area contributed by atoms with Gasteiger partial charge in [0.2, 0.25) is 5.25 Å². The van der Waals surface area contributed by atoms with Crippen LogP contribution in [-0.2, 0) is 15.7 Å². The van der Waals surface area contributed by atoms with Crippen LogP contribution >= 0.6 is 0 Å². The molecule has 0 radical (unpaired) electrons. The molecule has 2 unspecified atom stereocenters. The quantitative estimate of drug-likeness (QED) is 0.252. The van der Waals surface area contributed by atoms with Crippen molar-refractivity contribution in [1.82, 2.24) is 0 Å². The molecule has 0 heterocycles. The SMILES string of the molecule is CCCCCCCCCCCCCCCC[S+](C)C(C)C(=O)O. The zero-order valence-corrected chi connectivity index (χ0v) is 16.8. The summed E-state index contributed by atoms with van der Waals surface area (Å²) < 4.78 is 0. The van der Waals surface area contributed by atoms with Crippen LogP contribution in [0.3, 0.4) is 0 Å². The maximum atomic E-state index is 10.9. The lowest BCUT2D eigenvalue weighted by atomic mass is 10.0. The number of hydrogen-bond donors (Lipinski definition) is 1. The molecule has 0 saturated heterocycles. The molecule has 2 nitrogen and oxygen atoms in total. The molecular formula is C20H41O2S+. The maximum Gasteiger partial charge on any atom is 0.356 e. The molecule has 0 fully saturated rings. The fraction of sp³-hybridized carbons (Fsp3) is 0.950. The standard InChI is InChI=1S/C20H40O2S/c1-4-5-6-7-8-9-10-11-12-13-14-15-16-17-18-23(3)19(2)20(21)22/h19H,4-18H2,1-3H3/p+1. The lowest BCUT2D eigenvalue weighted by molar-refractivity contribution is -0.136. The topological polar surface area (TPSA) is 37.3 Å². The van der Waals surface area contributed by atoms with Crippen LogP contribution in [0.1, 0.15) is 104 Å². The summed E-state index contributed by atoms with van der Waals surface area (Å²) >= 11 is 0. The summed E-state index contributed by atoms with van der Waals surface area (Å²) in [7, 11) is 0.0395. The summed E-state index contributed by atoms with van der Waals surface area (Å²) in [4.78, 5) is 10.9. The Kier molecular flexibility index (Phi) is 16.5. The number of carboxylic acid groups (broad SMARTS) is 1. The van der Waals surface area contributed by atoms with Gasteiger partial charge in [-0.2, -0.15) is 0 Å². The van der Waals surface area contributed by atoms with Crippen molar-refractivity contribution in [3.8, 4) is 0 Å². The lowest BCUT2D eigenvalue weighted by Gasteiger charge is -2.07. The van der Waals surface area contributed by atoms with Gasteiger partial charge >= 0.3 is 5.97 Å². The first-order valence-electron chi connectivity index (χ1n) is 9.93. The molecule has 1 N–H and O–H groups in total. The highest BCUT2D eigenvalue weighted by atomic mass is 32.2. The molecule has 0 saturated carbocycles. The van der Waals surface area contributed by atoms with Crippen molar-refractivity contribution in [1.29, 1.82) is 0 Å². The minimum absolute atomic E-state index is 0.0395. The van der Waals surface area contributed by atoms with Crippen molar-refractivity contribution >= 4 is 16.9 Å². The first kappa shape index (κ1) is 22.8. The highest BCUT2D eigenvalue weighted by Gasteiger charge is 2.27. The average molecular weight is 346 g/mol. The number of aliphatic carboxylic acids is 1. The summed E-state index contributed by atoms with van der Waals surface area (Å²) in [6, 6.07) is 0. The van der Waals surface area contributed by atoms with Crippen LogP contribution in [0.15, 0.2) is 0 Å². The van der Waals surface area contributed by atoms with Crippen molar-refractivity contribution in [2.24, 2.45) is 0 Å². The van der Waals surface area contributed by atoms with E-state index in [1.165, 1.54) is 89.9 Å². The van der Waals surface area contributed by atoms with Gasteiger partial charge in [0.15, 0.2) is 0 Å². The Balaban J connectivity index is 3.18. The van der Waals surface area contributed by atoms with Gasteiger partial charge in [0, 0.05) is 0 Å². The van der Waals surface area contributed by atoms with Gasteiger partial charge in [-0.3, -0.25) is 0 Å². The average Bonchev–Trinajstić information content (AvgIpc) is 2.54. The van der Waals surface area contributed by atoms with E-state index in [0.29, 0.717) is 0 Å². The third kappa shape index (κ3) is 15.1. The largest absolute Gasteiger partial charge is 0.478 e. The van der Waals surface area contributed by atoms with E-state index in [9.17, 15) is 4.79 Å². The summed E-state index contributed by atoms with van der Waals surface area (Å²) in [5.74, 6) is 0.451. The second-order valence-corrected chi connectivity index (χ2v) is 9.47. The number of unbranched alkanes of at least 4 members (excludes halogenated alkanes) is 13. The molecule has 0 amide bonds. The van der Waals surface area contributed by atoms with E-state index < -0.39 is 5.97 Å². The Labute approximate surface area is 148 Å². The van der Waals surface area contributed by atoms with Crippen molar-refractivity contribution in [2.45, 2.75) is 109 Å². The molecule has 138 valence electrons. The van der Waals surface area contributed by atoms with Gasteiger partial charge in [0.25, 0.3) is 0 Å². The van der Waals surface area contributed by atoms with Gasteiger partial charge in [-0.1, -0.05) is 84.0 Å². The molecule has 3 heteroatoms. The molecule has 0 bridgehead atoms. The van der Waals surface area contributed by atoms with Gasteiger partial charge in [-0.15, -0.1) is 0 Å². The lowest BCUT2D eigenvalue weighted by Crippen LogP contribution is -2.28. The van der Waals surface area contributed by atoms with Crippen molar-refractivity contribution in [3.05, 3.63) is 0 Å². The summed E-state index contributed by atoms with van der Waals surface area (Å²) in [5.41, 5.74) is 0. The Hall–Kier alpha value is -0.180. The zero-order valence-electron chi connectivity index (χ0n) is 15.9. The first-order valence-corrected chi connectivity index (χ1v) is 11.8. The van der Waals surface area contributed by atoms with Crippen LogP contribution in [0, 0.1) is 0 Å². The third-order valence-corrected chi connectivity index (χ3v) is 7.11. The van der Waals surface area contributed by atoms with Gasteiger partial charge in [-0.25, -0.2) is 4.79 Å². The van der Waals surface area contributed by atoms with Crippen LogP contribution in [0.2, 0.25) is 0 Å². The van der Waals surface area contributed by atoms with Crippen LogP contribution in [-0.4, -0.2) is 28.3 Å². The van der Waals surface area contributed by atoms with E-state index >= 15 is 0 Å². The minimum Gasteiger partial charge on any atom is -0.478 e. The van der Waals surface area contributed by atoms with Crippen molar-refractivity contribution in [3.63, 3.8) is 0 Å². The fourth-order valence-corrected chi connectivity index (χ4v) is 4.23. The molecule has 0 aromatic rings. The van der Waals surface area contributed by atoms with E-state index in [0.717, 1.165) is 5.75 Å². The van der Waals surface area contributed by atoms with Gasteiger partial charge in [0.05, 0.1) is 6.26 Å². The van der Waals surface area contributed by atoms with Crippen LogP contribution < -0.4 is 0 Å². The molecular weight excluding hydrogens is 304 g/mol. The van der Waals surface area contributed by atoms with E-state index in [-0.39, 0.29) is 16.1 Å². The van der Waals surface area contributed by atoms with E-state index in [1.54, 1.807) is 0 Å². The summed E-state index contributed by atoms with van der Waals surface area (Å²) in [5, 5.41) is 8.81. The zero-order chi connectivity index (χ0) is 17.3. The number of carboxylic acids is 1.